The van der Waals surface area contributed by atoms with Crippen LogP contribution in [0.4, 0.5) is 15.9 Å². The third-order valence-corrected chi connectivity index (χ3v) is 4.44. The van der Waals surface area contributed by atoms with Crippen LogP contribution in [0, 0.1) is 11.7 Å². The van der Waals surface area contributed by atoms with Crippen molar-refractivity contribution in [2.75, 3.05) is 18.4 Å². The summed E-state index contributed by atoms with van der Waals surface area (Å²) < 4.78 is 13.2. The predicted octanol–water partition coefficient (Wildman–Crippen LogP) is 3.88. The number of carbonyl (C=O) groups is 1. The molecule has 2 heterocycles. The van der Waals surface area contributed by atoms with Gasteiger partial charge in [0.05, 0.1) is 5.02 Å². The molecule has 1 N–H and O–H groups in total. The molecule has 1 aromatic carbocycles. The summed E-state index contributed by atoms with van der Waals surface area (Å²) in [7, 11) is 0. The van der Waals surface area contributed by atoms with Gasteiger partial charge in [0.1, 0.15) is 5.82 Å². The number of likely N-dealkylation sites (tertiary alicyclic amines) is 1. The molecule has 1 saturated heterocycles. The first kappa shape index (κ1) is 16.6. The summed E-state index contributed by atoms with van der Waals surface area (Å²) in [6, 6.07) is 7.60. The summed E-state index contributed by atoms with van der Waals surface area (Å²) in [4.78, 5) is 14.2. The van der Waals surface area contributed by atoms with Gasteiger partial charge in [-0.15, -0.1) is 10.2 Å². The number of aromatic nitrogens is 2. The van der Waals surface area contributed by atoms with Crippen LogP contribution in [0.1, 0.15) is 30.3 Å². The molecule has 7 heteroatoms. The van der Waals surface area contributed by atoms with Gasteiger partial charge in [-0.25, -0.2) is 4.39 Å². The summed E-state index contributed by atoms with van der Waals surface area (Å²) in [5.41, 5.74) is 0.923. The Morgan fingerprint density at radius 1 is 1.25 bits per heavy atom. The van der Waals surface area contributed by atoms with Crippen LogP contribution in [0.25, 0.3) is 0 Å². The van der Waals surface area contributed by atoms with E-state index in [9.17, 15) is 9.18 Å². The first-order chi connectivity index (χ1) is 11.5. The number of anilines is 2. The average molecular weight is 349 g/mol. The fourth-order valence-corrected chi connectivity index (χ4v) is 2.79. The van der Waals surface area contributed by atoms with Gasteiger partial charge in [-0.2, -0.15) is 0 Å². The van der Waals surface area contributed by atoms with Crippen molar-refractivity contribution in [3.63, 3.8) is 0 Å². The van der Waals surface area contributed by atoms with Gasteiger partial charge in [-0.3, -0.25) is 4.79 Å². The zero-order valence-electron chi connectivity index (χ0n) is 13.3. The van der Waals surface area contributed by atoms with Gasteiger partial charge < -0.3 is 10.2 Å². The molecule has 0 saturated carbocycles. The second-order valence-corrected chi connectivity index (χ2v) is 6.44. The van der Waals surface area contributed by atoms with Crippen molar-refractivity contribution in [3.05, 3.63) is 46.9 Å². The first-order valence-electron chi connectivity index (χ1n) is 7.88. The standard InChI is InChI=1S/C17H18ClFN4O/c1-11-6-8-23(9-7-11)17(24)15-4-5-16(22-21-15)20-12-2-3-14(19)13(18)10-12/h2-5,10-11H,6-9H2,1H3,(H,20,22). The number of amides is 1. The van der Waals surface area contributed by atoms with Gasteiger partial charge in [0.2, 0.25) is 0 Å². The van der Waals surface area contributed by atoms with Crippen LogP contribution in [0.2, 0.25) is 5.02 Å². The molecule has 0 spiro atoms. The van der Waals surface area contributed by atoms with Crippen LogP contribution in [-0.4, -0.2) is 34.1 Å². The molecule has 0 atom stereocenters. The maximum atomic E-state index is 13.2. The third kappa shape index (κ3) is 3.82. The molecule has 0 unspecified atom stereocenters. The fourth-order valence-electron chi connectivity index (χ4n) is 2.61. The van der Waals surface area contributed by atoms with E-state index in [0.29, 0.717) is 23.1 Å². The van der Waals surface area contributed by atoms with Gasteiger partial charge in [0.15, 0.2) is 11.5 Å². The Hall–Kier alpha value is -2.21. The molecular formula is C17H18ClFN4O. The molecule has 1 aromatic heterocycles. The van der Waals surface area contributed by atoms with Crippen molar-refractivity contribution in [1.82, 2.24) is 15.1 Å². The molecule has 3 rings (SSSR count). The second-order valence-electron chi connectivity index (χ2n) is 6.03. The molecule has 0 aliphatic carbocycles. The number of benzene rings is 1. The lowest BCUT2D eigenvalue weighted by molar-refractivity contribution is 0.0690. The number of rotatable bonds is 3. The van der Waals surface area contributed by atoms with Crippen molar-refractivity contribution >= 4 is 29.0 Å². The second kappa shape index (κ2) is 7.13. The Kier molecular flexibility index (Phi) is 4.94. The van der Waals surface area contributed by atoms with Gasteiger partial charge in [-0.1, -0.05) is 18.5 Å². The summed E-state index contributed by atoms with van der Waals surface area (Å²) in [5, 5.41) is 11.0. The smallest absolute Gasteiger partial charge is 0.274 e. The molecule has 1 aliphatic heterocycles. The molecule has 1 aliphatic rings. The molecule has 1 amide bonds. The lowest BCUT2D eigenvalue weighted by Gasteiger charge is -2.29. The zero-order valence-corrected chi connectivity index (χ0v) is 14.1. The summed E-state index contributed by atoms with van der Waals surface area (Å²) in [6.07, 6.45) is 2.04. The van der Waals surface area contributed by atoms with Crippen LogP contribution in [-0.2, 0) is 0 Å². The minimum Gasteiger partial charge on any atom is -0.339 e. The summed E-state index contributed by atoms with van der Waals surface area (Å²) >= 11 is 5.74. The molecule has 0 bridgehead atoms. The van der Waals surface area contributed by atoms with Crippen molar-refractivity contribution < 1.29 is 9.18 Å². The Morgan fingerprint density at radius 3 is 2.62 bits per heavy atom. The number of nitrogens with zero attached hydrogens (tertiary/aromatic N) is 3. The molecular weight excluding hydrogens is 331 g/mol. The van der Waals surface area contributed by atoms with E-state index in [1.54, 1.807) is 18.2 Å². The highest BCUT2D eigenvalue weighted by Gasteiger charge is 2.22. The minimum absolute atomic E-state index is 0.0269. The predicted molar refractivity (Wildman–Crippen MR) is 91.0 cm³/mol. The minimum atomic E-state index is -0.481. The normalized spacial score (nSPS) is 15.4. The van der Waals surface area contributed by atoms with Crippen molar-refractivity contribution in [1.29, 1.82) is 0 Å². The highest BCUT2D eigenvalue weighted by molar-refractivity contribution is 6.31. The monoisotopic (exact) mass is 348 g/mol. The highest BCUT2D eigenvalue weighted by Crippen LogP contribution is 2.22. The highest BCUT2D eigenvalue weighted by atomic mass is 35.5. The van der Waals surface area contributed by atoms with E-state index in [-0.39, 0.29) is 10.9 Å². The van der Waals surface area contributed by atoms with E-state index in [0.717, 1.165) is 25.9 Å². The number of nitrogens with one attached hydrogen (secondary N) is 1. The van der Waals surface area contributed by atoms with Crippen LogP contribution in [0.5, 0.6) is 0 Å². The van der Waals surface area contributed by atoms with Gasteiger partial charge in [0, 0.05) is 18.8 Å². The maximum Gasteiger partial charge on any atom is 0.274 e. The quantitative estimate of drug-likeness (QED) is 0.914. The molecule has 2 aromatic rings. The lowest BCUT2D eigenvalue weighted by atomic mass is 9.99. The maximum absolute atomic E-state index is 13.2. The fraction of sp³-hybridized carbons (Fsp3) is 0.353. The van der Waals surface area contributed by atoms with Gasteiger partial charge in [0.25, 0.3) is 5.91 Å². The number of piperidine rings is 1. The van der Waals surface area contributed by atoms with E-state index >= 15 is 0 Å². The molecule has 126 valence electrons. The number of hydrogen-bond donors (Lipinski definition) is 1. The van der Waals surface area contributed by atoms with Crippen LogP contribution < -0.4 is 5.32 Å². The summed E-state index contributed by atoms with van der Waals surface area (Å²) in [6.45, 7) is 3.72. The lowest BCUT2D eigenvalue weighted by Crippen LogP contribution is -2.38. The molecule has 0 radical (unpaired) electrons. The Morgan fingerprint density at radius 2 is 2.00 bits per heavy atom. The largest absolute Gasteiger partial charge is 0.339 e. The average Bonchev–Trinajstić information content (AvgIpc) is 2.59. The van der Waals surface area contributed by atoms with Crippen molar-refractivity contribution in [2.24, 2.45) is 5.92 Å². The van der Waals surface area contributed by atoms with Crippen molar-refractivity contribution in [2.45, 2.75) is 19.8 Å². The molecule has 1 fully saturated rings. The van der Waals surface area contributed by atoms with E-state index in [2.05, 4.69) is 22.4 Å². The Bertz CT molecular complexity index is 730. The number of carbonyl (C=O) groups excluding carboxylic acids is 1. The Balaban J connectivity index is 1.66. The van der Waals surface area contributed by atoms with Crippen LogP contribution in [0.15, 0.2) is 30.3 Å². The van der Waals surface area contributed by atoms with Gasteiger partial charge in [-0.05, 0) is 49.1 Å². The zero-order chi connectivity index (χ0) is 17.1. The Labute approximate surface area is 144 Å². The van der Waals surface area contributed by atoms with E-state index < -0.39 is 5.82 Å². The van der Waals surface area contributed by atoms with E-state index in [1.807, 2.05) is 4.90 Å². The topological polar surface area (TPSA) is 58.1 Å². The third-order valence-electron chi connectivity index (χ3n) is 4.15. The molecule has 24 heavy (non-hydrogen) atoms. The van der Waals surface area contributed by atoms with Crippen LogP contribution >= 0.6 is 11.6 Å². The van der Waals surface area contributed by atoms with Crippen LogP contribution in [0.3, 0.4) is 0 Å². The summed E-state index contributed by atoms with van der Waals surface area (Å²) in [5.74, 6) is 0.548. The van der Waals surface area contributed by atoms with Gasteiger partial charge >= 0.3 is 0 Å². The van der Waals surface area contributed by atoms with E-state index in [4.69, 9.17) is 11.6 Å². The SMILES string of the molecule is CC1CCN(C(=O)c2ccc(Nc3ccc(F)c(Cl)c3)nn2)CC1. The molecule has 5 nitrogen and oxygen atoms in total. The first-order valence-corrected chi connectivity index (χ1v) is 8.26. The number of hydrogen-bond acceptors (Lipinski definition) is 4. The van der Waals surface area contributed by atoms with Crippen molar-refractivity contribution in [3.8, 4) is 0 Å². The number of halogens is 2. The van der Waals surface area contributed by atoms with E-state index in [1.165, 1.54) is 12.1 Å².